The first-order valence-corrected chi connectivity index (χ1v) is 6.21. The van der Waals surface area contributed by atoms with Crippen LogP contribution in [0.1, 0.15) is 30.5 Å². The molecule has 2 nitrogen and oxygen atoms in total. The summed E-state index contributed by atoms with van der Waals surface area (Å²) in [7, 11) is 0. The molecule has 1 heterocycles. The fourth-order valence-electron chi connectivity index (χ4n) is 1.98. The van der Waals surface area contributed by atoms with Crippen molar-refractivity contribution in [3.63, 3.8) is 0 Å². The summed E-state index contributed by atoms with van der Waals surface area (Å²) in [6.07, 6.45) is 6.56. The number of rotatable bonds is 5. The van der Waals surface area contributed by atoms with Gasteiger partial charge in [0.05, 0.1) is 0 Å². The normalized spacial score (nSPS) is 12.6. The number of aryl methyl sites for hydroxylation is 2. The topological polar surface area (TPSA) is 30.9 Å². The average molecular weight is 228 g/mol. The fraction of sp³-hybridized carbons (Fsp3) is 0.333. The van der Waals surface area contributed by atoms with E-state index in [9.17, 15) is 0 Å². The molecule has 17 heavy (non-hydrogen) atoms. The molecule has 0 radical (unpaired) electrons. The molecule has 0 aliphatic carbocycles. The summed E-state index contributed by atoms with van der Waals surface area (Å²) in [5, 5.41) is 0. The van der Waals surface area contributed by atoms with E-state index in [4.69, 9.17) is 5.73 Å². The maximum absolute atomic E-state index is 5.83. The van der Waals surface area contributed by atoms with Gasteiger partial charge in [-0.2, -0.15) is 0 Å². The van der Waals surface area contributed by atoms with Crippen molar-refractivity contribution in [1.29, 1.82) is 0 Å². The van der Waals surface area contributed by atoms with Crippen molar-refractivity contribution in [2.24, 2.45) is 5.73 Å². The van der Waals surface area contributed by atoms with Crippen LogP contribution in [0.15, 0.2) is 48.8 Å². The average Bonchev–Trinajstić information content (AvgIpc) is 2.79. The van der Waals surface area contributed by atoms with Crippen molar-refractivity contribution in [1.82, 2.24) is 4.57 Å². The molecule has 0 amide bonds. The molecule has 1 atom stereocenters. The summed E-state index contributed by atoms with van der Waals surface area (Å²) in [6, 6.07) is 12.9. The van der Waals surface area contributed by atoms with Crippen LogP contribution < -0.4 is 5.73 Å². The van der Waals surface area contributed by atoms with Crippen LogP contribution in [0, 0.1) is 0 Å². The maximum atomic E-state index is 5.83. The summed E-state index contributed by atoms with van der Waals surface area (Å²) < 4.78 is 2.22. The molecule has 0 aliphatic rings. The molecule has 2 aromatic rings. The molecule has 0 fully saturated rings. The second kappa shape index (κ2) is 5.69. The first-order chi connectivity index (χ1) is 8.25. The fourth-order valence-corrected chi connectivity index (χ4v) is 1.98. The predicted octanol–water partition coefficient (Wildman–Crippen LogP) is 3.14. The van der Waals surface area contributed by atoms with Crippen molar-refractivity contribution < 1.29 is 0 Å². The highest BCUT2D eigenvalue weighted by Gasteiger charge is 2.01. The number of nitrogens with zero attached hydrogens (tertiary/aromatic N) is 1. The maximum Gasteiger partial charge on any atom is 0.0281 e. The molecule has 0 bridgehead atoms. The summed E-state index contributed by atoms with van der Waals surface area (Å²) in [5.41, 5.74) is 8.46. The Morgan fingerprint density at radius 3 is 2.59 bits per heavy atom. The minimum atomic E-state index is 0.130. The lowest BCUT2D eigenvalue weighted by molar-refractivity contribution is 0.642. The van der Waals surface area contributed by atoms with E-state index in [1.54, 1.807) is 0 Å². The Labute approximate surface area is 103 Å². The van der Waals surface area contributed by atoms with E-state index < -0.39 is 0 Å². The molecule has 1 aromatic carbocycles. The van der Waals surface area contributed by atoms with Gasteiger partial charge in [0.25, 0.3) is 0 Å². The zero-order valence-corrected chi connectivity index (χ0v) is 10.3. The van der Waals surface area contributed by atoms with E-state index in [0.717, 1.165) is 19.4 Å². The molecule has 2 rings (SSSR count). The molecule has 0 saturated heterocycles. The van der Waals surface area contributed by atoms with Gasteiger partial charge >= 0.3 is 0 Å². The Hall–Kier alpha value is -1.54. The third-order valence-corrected chi connectivity index (χ3v) is 3.02. The minimum Gasteiger partial charge on any atom is -0.354 e. The molecule has 1 unspecified atom stereocenters. The second-order valence-electron chi connectivity index (χ2n) is 4.56. The molecular formula is C15H20N2. The number of nitrogens with two attached hydrogens (primary N) is 1. The molecule has 0 saturated carbocycles. The van der Waals surface area contributed by atoms with Crippen LogP contribution in [0.25, 0.3) is 0 Å². The summed E-state index contributed by atoms with van der Waals surface area (Å²) in [4.78, 5) is 0. The van der Waals surface area contributed by atoms with Crippen molar-refractivity contribution >= 4 is 0 Å². The zero-order chi connectivity index (χ0) is 12.1. The summed E-state index contributed by atoms with van der Waals surface area (Å²) >= 11 is 0. The van der Waals surface area contributed by atoms with Crippen molar-refractivity contribution in [3.05, 3.63) is 59.9 Å². The van der Waals surface area contributed by atoms with Crippen LogP contribution in [0.4, 0.5) is 0 Å². The standard InChI is InChI=1S/C15H20N2/c1-13(16)15-9-11-17(12-15)10-5-8-14-6-3-2-4-7-14/h2-4,6-7,9,11-13H,5,8,10,16H2,1H3. The van der Waals surface area contributed by atoms with Crippen LogP contribution in [0.2, 0.25) is 0 Å². The quantitative estimate of drug-likeness (QED) is 0.837. The summed E-state index contributed by atoms with van der Waals surface area (Å²) in [6.45, 7) is 3.07. The number of aromatic nitrogens is 1. The van der Waals surface area contributed by atoms with Gasteiger partial charge in [0.15, 0.2) is 0 Å². The van der Waals surface area contributed by atoms with E-state index >= 15 is 0 Å². The second-order valence-corrected chi connectivity index (χ2v) is 4.56. The zero-order valence-electron chi connectivity index (χ0n) is 10.3. The Morgan fingerprint density at radius 1 is 1.18 bits per heavy atom. The van der Waals surface area contributed by atoms with Gasteiger partial charge in [0, 0.05) is 25.0 Å². The lowest BCUT2D eigenvalue weighted by Gasteiger charge is -2.04. The van der Waals surface area contributed by atoms with Gasteiger partial charge in [-0.1, -0.05) is 30.3 Å². The predicted molar refractivity (Wildman–Crippen MR) is 71.8 cm³/mol. The van der Waals surface area contributed by atoms with Gasteiger partial charge in [-0.15, -0.1) is 0 Å². The van der Waals surface area contributed by atoms with Crippen LogP contribution >= 0.6 is 0 Å². The van der Waals surface area contributed by atoms with E-state index in [2.05, 4.69) is 53.4 Å². The van der Waals surface area contributed by atoms with Crippen LogP contribution in [-0.4, -0.2) is 4.57 Å². The monoisotopic (exact) mass is 228 g/mol. The molecule has 1 aromatic heterocycles. The van der Waals surface area contributed by atoms with E-state index in [-0.39, 0.29) is 6.04 Å². The van der Waals surface area contributed by atoms with E-state index in [1.807, 2.05) is 6.92 Å². The highest BCUT2D eigenvalue weighted by Crippen LogP contribution is 2.11. The largest absolute Gasteiger partial charge is 0.354 e. The van der Waals surface area contributed by atoms with Crippen LogP contribution in [0.3, 0.4) is 0 Å². The van der Waals surface area contributed by atoms with E-state index in [1.165, 1.54) is 11.1 Å². The molecular weight excluding hydrogens is 208 g/mol. The number of benzene rings is 1. The van der Waals surface area contributed by atoms with Crippen molar-refractivity contribution in [2.75, 3.05) is 0 Å². The third kappa shape index (κ3) is 3.46. The molecule has 90 valence electrons. The molecule has 2 N–H and O–H groups in total. The molecule has 2 heteroatoms. The Kier molecular flexibility index (Phi) is 3.99. The van der Waals surface area contributed by atoms with Crippen LogP contribution in [-0.2, 0) is 13.0 Å². The molecule has 0 aliphatic heterocycles. The highest BCUT2D eigenvalue weighted by molar-refractivity contribution is 5.15. The van der Waals surface area contributed by atoms with Gasteiger partial charge in [-0.25, -0.2) is 0 Å². The summed E-state index contributed by atoms with van der Waals surface area (Å²) in [5.74, 6) is 0. The van der Waals surface area contributed by atoms with E-state index in [0.29, 0.717) is 0 Å². The molecule has 0 spiro atoms. The first kappa shape index (κ1) is 11.9. The highest BCUT2D eigenvalue weighted by atomic mass is 14.9. The van der Waals surface area contributed by atoms with Crippen molar-refractivity contribution in [2.45, 2.75) is 32.4 Å². The van der Waals surface area contributed by atoms with Crippen molar-refractivity contribution in [3.8, 4) is 0 Å². The SMILES string of the molecule is CC(N)c1ccn(CCCc2ccccc2)c1. The Morgan fingerprint density at radius 2 is 1.94 bits per heavy atom. The number of hydrogen-bond acceptors (Lipinski definition) is 1. The minimum absolute atomic E-state index is 0.130. The van der Waals surface area contributed by atoms with Gasteiger partial charge in [-0.3, -0.25) is 0 Å². The Balaban J connectivity index is 1.82. The Bertz CT molecular complexity index is 443. The van der Waals surface area contributed by atoms with Crippen LogP contribution in [0.5, 0.6) is 0 Å². The smallest absolute Gasteiger partial charge is 0.0281 e. The van der Waals surface area contributed by atoms with Gasteiger partial charge < -0.3 is 10.3 Å². The first-order valence-electron chi connectivity index (χ1n) is 6.21. The lowest BCUT2D eigenvalue weighted by Crippen LogP contribution is -2.03. The lowest BCUT2D eigenvalue weighted by atomic mass is 10.1. The third-order valence-electron chi connectivity index (χ3n) is 3.02. The van der Waals surface area contributed by atoms with Gasteiger partial charge in [0.1, 0.15) is 0 Å². The van der Waals surface area contributed by atoms with Gasteiger partial charge in [0.2, 0.25) is 0 Å². The number of hydrogen-bond donors (Lipinski definition) is 1. The van der Waals surface area contributed by atoms with Gasteiger partial charge in [-0.05, 0) is 37.0 Å².